The second-order valence-electron chi connectivity index (χ2n) is 4.07. The van der Waals surface area contributed by atoms with Gasteiger partial charge in [-0.1, -0.05) is 24.6 Å². The van der Waals surface area contributed by atoms with E-state index in [1.54, 1.807) is 17.5 Å². The Balaban J connectivity index is 1.89. The fourth-order valence-corrected chi connectivity index (χ4v) is 2.50. The first-order chi connectivity index (χ1) is 9.29. The zero-order chi connectivity index (χ0) is 13.5. The summed E-state index contributed by atoms with van der Waals surface area (Å²) in [5, 5.41) is 5.99. The molecule has 0 aliphatic rings. The number of aromatic nitrogens is 1. The number of hydrogen-bond donors (Lipinski definition) is 1. The molecule has 2 heterocycles. The minimum absolute atomic E-state index is 0.633. The largest absolute Gasteiger partial charge is 0.477 e. The topological polar surface area (TPSA) is 34.1 Å². The molecule has 2 aromatic rings. The third-order valence-corrected chi connectivity index (χ3v) is 3.93. The molecule has 1 N–H and O–H groups in total. The van der Waals surface area contributed by atoms with Crippen LogP contribution in [0.4, 0.5) is 0 Å². The molecule has 0 aliphatic heterocycles. The van der Waals surface area contributed by atoms with E-state index in [9.17, 15) is 0 Å². The van der Waals surface area contributed by atoms with Crippen molar-refractivity contribution in [2.24, 2.45) is 0 Å². The Morgan fingerprint density at radius 2 is 2.37 bits per heavy atom. The van der Waals surface area contributed by atoms with Crippen LogP contribution >= 0.6 is 22.9 Å². The van der Waals surface area contributed by atoms with Crippen LogP contribution in [0.3, 0.4) is 0 Å². The van der Waals surface area contributed by atoms with Gasteiger partial charge in [-0.25, -0.2) is 4.98 Å². The van der Waals surface area contributed by atoms with Crippen molar-refractivity contribution < 1.29 is 4.74 Å². The van der Waals surface area contributed by atoms with Crippen LogP contribution in [0.1, 0.15) is 17.4 Å². The van der Waals surface area contributed by atoms with Gasteiger partial charge in [0.2, 0.25) is 5.88 Å². The van der Waals surface area contributed by atoms with Crippen molar-refractivity contribution in [3.63, 3.8) is 0 Å². The number of hydrogen-bond acceptors (Lipinski definition) is 4. The van der Waals surface area contributed by atoms with E-state index in [-0.39, 0.29) is 0 Å². The lowest BCUT2D eigenvalue weighted by atomic mass is 10.2. The second kappa shape index (κ2) is 7.48. The Morgan fingerprint density at radius 1 is 1.47 bits per heavy atom. The first-order valence-electron chi connectivity index (χ1n) is 6.30. The van der Waals surface area contributed by atoms with Crippen molar-refractivity contribution in [2.75, 3.05) is 13.2 Å². The Morgan fingerprint density at radius 3 is 3.11 bits per heavy atom. The van der Waals surface area contributed by atoms with Gasteiger partial charge in [-0.3, -0.25) is 0 Å². The van der Waals surface area contributed by atoms with E-state index in [1.807, 2.05) is 6.07 Å². The summed E-state index contributed by atoms with van der Waals surface area (Å²) >= 11 is 7.83. The fraction of sp³-hybridized carbons (Fsp3) is 0.357. The lowest BCUT2D eigenvalue weighted by molar-refractivity contribution is 0.310. The minimum atomic E-state index is 0.633. The highest BCUT2D eigenvalue weighted by atomic mass is 35.5. The standard InChI is InChI=1S/C14H17ClN2OS/c1-2-16-9-11-8-14(17-10-13(11)15)18-6-5-12-4-3-7-19-12/h3-4,7-8,10,16H,2,5-6,9H2,1H3. The van der Waals surface area contributed by atoms with Gasteiger partial charge in [0.05, 0.1) is 11.6 Å². The first kappa shape index (κ1) is 14.3. The molecule has 0 spiro atoms. The molecule has 0 saturated heterocycles. The number of thiophene rings is 1. The maximum absolute atomic E-state index is 6.09. The van der Waals surface area contributed by atoms with E-state index in [2.05, 4.69) is 34.7 Å². The lowest BCUT2D eigenvalue weighted by Crippen LogP contribution is -2.12. The van der Waals surface area contributed by atoms with Crippen LogP contribution in [-0.4, -0.2) is 18.1 Å². The van der Waals surface area contributed by atoms with Gasteiger partial charge in [-0.05, 0) is 23.6 Å². The highest BCUT2D eigenvalue weighted by Crippen LogP contribution is 2.19. The molecule has 0 aromatic carbocycles. The summed E-state index contributed by atoms with van der Waals surface area (Å²) in [6, 6.07) is 6.06. The molecule has 0 bridgehead atoms. The van der Waals surface area contributed by atoms with E-state index in [0.717, 1.165) is 25.1 Å². The van der Waals surface area contributed by atoms with E-state index in [0.29, 0.717) is 17.5 Å². The number of halogens is 1. The number of ether oxygens (including phenoxy) is 1. The Labute approximate surface area is 122 Å². The van der Waals surface area contributed by atoms with Gasteiger partial charge in [0, 0.05) is 30.1 Å². The number of pyridine rings is 1. The molecule has 2 rings (SSSR count). The van der Waals surface area contributed by atoms with Gasteiger partial charge in [0.1, 0.15) is 0 Å². The Kier molecular flexibility index (Phi) is 5.63. The molecular formula is C14H17ClN2OS. The second-order valence-corrected chi connectivity index (χ2v) is 5.51. The molecule has 0 amide bonds. The molecule has 0 aliphatic carbocycles. The average Bonchev–Trinajstić information content (AvgIpc) is 2.92. The summed E-state index contributed by atoms with van der Waals surface area (Å²) in [6.45, 7) is 4.34. The van der Waals surface area contributed by atoms with Gasteiger partial charge < -0.3 is 10.1 Å². The smallest absolute Gasteiger partial charge is 0.213 e. The van der Waals surface area contributed by atoms with Gasteiger partial charge in [0.15, 0.2) is 0 Å². The SMILES string of the molecule is CCNCc1cc(OCCc2cccs2)ncc1Cl. The average molecular weight is 297 g/mol. The zero-order valence-electron chi connectivity index (χ0n) is 10.9. The zero-order valence-corrected chi connectivity index (χ0v) is 12.4. The van der Waals surface area contributed by atoms with Crippen LogP contribution in [0.25, 0.3) is 0 Å². The van der Waals surface area contributed by atoms with Crippen LogP contribution < -0.4 is 10.1 Å². The molecule has 3 nitrogen and oxygen atoms in total. The maximum Gasteiger partial charge on any atom is 0.213 e. The molecule has 0 atom stereocenters. The van der Waals surface area contributed by atoms with Crippen LogP contribution in [0, 0.1) is 0 Å². The molecule has 0 saturated carbocycles. The van der Waals surface area contributed by atoms with Crippen molar-refractivity contribution in [2.45, 2.75) is 19.9 Å². The molecule has 2 aromatic heterocycles. The van der Waals surface area contributed by atoms with Crippen molar-refractivity contribution in [1.29, 1.82) is 0 Å². The van der Waals surface area contributed by atoms with E-state index >= 15 is 0 Å². The number of rotatable bonds is 7. The van der Waals surface area contributed by atoms with Gasteiger partial charge >= 0.3 is 0 Å². The normalized spacial score (nSPS) is 10.6. The highest BCUT2D eigenvalue weighted by Gasteiger charge is 2.04. The quantitative estimate of drug-likeness (QED) is 0.849. The molecule has 0 radical (unpaired) electrons. The summed E-state index contributed by atoms with van der Waals surface area (Å²) in [7, 11) is 0. The molecule has 102 valence electrons. The van der Waals surface area contributed by atoms with Gasteiger partial charge in [-0.2, -0.15) is 0 Å². The number of nitrogens with zero attached hydrogens (tertiary/aromatic N) is 1. The summed E-state index contributed by atoms with van der Waals surface area (Å²) in [6.07, 6.45) is 2.55. The third kappa shape index (κ3) is 4.49. The molecular weight excluding hydrogens is 280 g/mol. The summed E-state index contributed by atoms with van der Waals surface area (Å²) in [5.74, 6) is 0.633. The van der Waals surface area contributed by atoms with Gasteiger partial charge in [-0.15, -0.1) is 11.3 Å². The lowest BCUT2D eigenvalue weighted by Gasteiger charge is -2.08. The van der Waals surface area contributed by atoms with E-state index in [4.69, 9.17) is 16.3 Å². The highest BCUT2D eigenvalue weighted by molar-refractivity contribution is 7.09. The Hall–Kier alpha value is -1.10. The summed E-state index contributed by atoms with van der Waals surface area (Å²) in [5.41, 5.74) is 1.02. The molecule has 0 fully saturated rings. The molecule has 0 unspecified atom stereocenters. The van der Waals surface area contributed by atoms with Crippen LogP contribution in [0.15, 0.2) is 29.8 Å². The molecule has 5 heteroatoms. The van der Waals surface area contributed by atoms with Crippen molar-refractivity contribution in [3.05, 3.63) is 45.2 Å². The van der Waals surface area contributed by atoms with Crippen molar-refractivity contribution in [3.8, 4) is 5.88 Å². The monoisotopic (exact) mass is 296 g/mol. The summed E-state index contributed by atoms with van der Waals surface area (Å²) < 4.78 is 5.66. The minimum Gasteiger partial charge on any atom is -0.477 e. The summed E-state index contributed by atoms with van der Waals surface area (Å²) in [4.78, 5) is 5.51. The predicted octanol–water partition coefficient (Wildman–Crippen LogP) is 3.53. The maximum atomic E-state index is 6.09. The van der Waals surface area contributed by atoms with E-state index in [1.165, 1.54) is 4.88 Å². The predicted molar refractivity (Wildman–Crippen MR) is 80.1 cm³/mol. The number of nitrogens with one attached hydrogen (secondary N) is 1. The molecule has 19 heavy (non-hydrogen) atoms. The van der Waals surface area contributed by atoms with Gasteiger partial charge in [0.25, 0.3) is 0 Å². The Bertz CT molecular complexity index is 502. The van der Waals surface area contributed by atoms with Crippen LogP contribution in [0.5, 0.6) is 5.88 Å². The third-order valence-electron chi connectivity index (χ3n) is 2.65. The van der Waals surface area contributed by atoms with Crippen molar-refractivity contribution in [1.82, 2.24) is 10.3 Å². The first-order valence-corrected chi connectivity index (χ1v) is 7.55. The van der Waals surface area contributed by atoms with Crippen molar-refractivity contribution >= 4 is 22.9 Å². The van der Waals surface area contributed by atoms with Crippen LogP contribution in [-0.2, 0) is 13.0 Å². The van der Waals surface area contributed by atoms with E-state index < -0.39 is 0 Å². The van der Waals surface area contributed by atoms with Crippen LogP contribution in [0.2, 0.25) is 5.02 Å². The fourth-order valence-electron chi connectivity index (χ4n) is 1.64.